The van der Waals surface area contributed by atoms with Crippen LogP contribution in [0.15, 0.2) is 188 Å². The van der Waals surface area contributed by atoms with Gasteiger partial charge < -0.3 is 9.47 Å². The molecule has 58 heavy (non-hydrogen) atoms. The fraction of sp³-hybridized carbons (Fsp3) is 0.164. The average Bonchev–Trinajstić information content (AvgIpc) is 3.69. The third-order valence-electron chi connectivity index (χ3n) is 14.3. The minimum atomic E-state index is -2.68. The van der Waals surface area contributed by atoms with Gasteiger partial charge in [-0.25, -0.2) is 0 Å². The summed E-state index contributed by atoms with van der Waals surface area (Å²) in [5.41, 5.74) is 9.22. The lowest BCUT2D eigenvalue weighted by molar-refractivity contribution is 0.195. The molecule has 2 aliphatic rings. The van der Waals surface area contributed by atoms with Crippen LogP contribution in [0.3, 0.4) is 0 Å². The molecule has 2 atom stereocenters. The Hall–Kier alpha value is -6.16. The summed E-state index contributed by atoms with van der Waals surface area (Å²) >= 11 is 0. The Morgan fingerprint density at radius 2 is 1.05 bits per heavy atom. The summed E-state index contributed by atoms with van der Waals surface area (Å²) < 4.78 is 2.51. The van der Waals surface area contributed by atoms with E-state index in [2.05, 4.69) is 218 Å². The summed E-state index contributed by atoms with van der Waals surface area (Å²) in [4.78, 5) is 2.71. The molecule has 11 rings (SSSR count). The second-order valence-corrected chi connectivity index (χ2v) is 21.1. The molecule has 2 nitrogen and oxygen atoms in total. The van der Waals surface area contributed by atoms with E-state index in [9.17, 15) is 0 Å². The quantitative estimate of drug-likeness (QED) is 0.121. The van der Waals surface area contributed by atoms with Gasteiger partial charge >= 0.3 is 0 Å². The van der Waals surface area contributed by atoms with Crippen molar-refractivity contribution in [3.05, 3.63) is 199 Å². The van der Waals surface area contributed by atoms with E-state index in [0.717, 1.165) is 0 Å². The second kappa shape index (κ2) is 13.2. The summed E-state index contributed by atoms with van der Waals surface area (Å²) in [6.07, 6.45) is 4.97. The highest BCUT2D eigenvalue weighted by Crippen LogP contribution is 2.60. The molecule has 0 bridgehead atoms. The molecule has 1 aromatic heterocycles. The number of hydrogen-bond acceptors (Lipinski definition) is 1. The van der Waals surface area contributed by atoms with Gasteiger partial charge in [-0.3, -0.25) is 0 Å². The van der Waals surface area contributed by atoms with Gasteiger partial charge in [0.05, 0.1) is 16.6 Å². The normalized spacial score (nSPS) is 19.1. The van der Waals surface area contributed by atoms with Crippen molar-refractivity contribution in [3.8, 4) is 5.69 Å². The van der Waals surface area contributed by atoms with Crippen LogP contribution in [0.2, 0.25) is 0 Å². The van der Waals surface area contributed by atoms with Crippen molar-refractivity contribution in [1.29, 1.82) is 0 Å². The first-order chi connectivity index (χ1) is 28.4. The molecule has 9 aromatic rings. The van der Waals surface area contributed by atoms with Crippen LogP contribution in [0.5, 0.6) is 0 Å². The first-order valence-electron chi connectivity index (χ1n) is 21.1. The molecule has 0 spiro atoms. The number of para-hydroxylation sites is 1. The van der Waals surface area contributed by atoms with E-state index in [1.165, 1.54) is 107 Å². The van der Waals surface area contributed by atoms with Crippen molar-refractivity contribution < 1.29 is 0 Å². The highest BCUT2D eigenvalue weighted by Gasteiger charge is 2.57. The first-order valence-corrected chi connectivity index (χ1v) is 23.1. The molecule has 0 radical (unpaired) electrons. The standard InChI is InChI=1S/C55H48N2Si/c1-39-17-16-24-47(35-39)58(44-20-6-4-7-21-44,45-22-8-5-9-23-45)46-30-27-42(28-31-46)56-51-32-29-43(38-49(51)48-36-40-18-10-11-19-41(40)37-53(48)56)57-52-26-13-12-25-50(52)54(2)33-14-15-34-55(54,57)3/h4-13,16-32,35-38H,14-15,33-34H2,1-3H3. The lowest BCUT2D eigenvalue weighted by atomic mass is 9.61. The Balaban J connectivity index is 1.13. The molecule has 1 saturated carbocycles. The number of fused-ring (bicyclic) bond motifs is 7. The first kappa shape index (κ1) is 35.0. The van der Waals surface area contributed by atoms with Gasteiger partial charge in [0, 0.05) is 33.2 Å². The molecule has 2 heterocycles. The Morgan fingerprint density at radius 1 is 0.466 bits per heavy atom. The van der Waals surface area contributed by atoms with Crippen molar-refractivity contribution in [2.75, 3.05) is 4.90 Å². The predicted molar refractivity (Wildman–Crippen MR) is 249 cm³/mol. The van der Waals surface area contributed by atoms with Crippen molar-refractivity contribution >= 4 is 72.8 Å². The fourth-order valence-corrected chi connectivity index (χ4v) is 16.2. The average molecular weight is 765 g/mol. The zero-order chi connectivity index (χ0) is 39.1. The number of anilines is 2. The lowest BCUT2D eigenvalue weighted by Gasteiger charge is -2.50. The summed E-state index contributed by atoms with van der Waals surface area (Å²) in [7, 11) is -2.68. The summed E-state index contributed by atoms with van der Waals surface area (Å²) in [6, 6.07) is 71.5. The molecule has 8 aromatic carbocycles. The van der Waals surface area contributed by atoms with Gasteiger partial charge in [-0.2, -0.15) is 0 Å². The number of aromatic nitrogens is 1. The van der Waals surface area contributed by atoms with Crippen molar-refractivity contribution in [2.45, 2.75) is 57.4 Å². The van der Waals surface area contributed by atoms with Crippen LogP contribution in [0.1, 0.15) is 50.7 Å². The SMILES string of the molecule is Cc1cccc([Si](c2ccccc2)(c2ccccc2)c2ccc(-n3c4ccc(N5c6ccccc6C6(C)CCCCC56C)cc4c4cc5ccccc5cc43)cc2)c1. The number of hydrogen-bond donors (Lipinski definition) is 0. The molecule has 282 valence electrons. The minimum absolute atomic E-state index is 0.00863. The van der Waals surface area contributed by atoms with Gasteiger partial charge in [0.1, 0.15) is 0 Å². The van der Waals surface area contributed by atoms with Gasteiger partial charge in [0.15, 0.2) is 8.07 Å². The third-order valence-corrected chi connectivity index (χ3v) is 19.1. The van der Waals surface area contributed by atoms with E-state index in [4.69, 9.17) is 0 Å². The minimum Gasteiger partial charge on any atom is -0.334 e. The Bertz CT molecular complexity index is 2960. The summed E-state index contributed by atoms with van der Waals surface area (Å²) in [6.45, 7) is 7.27. The van der Waals surface area contributed by atoms with E-state index in [1.54, 1.807) is 0 Å². The van der Waals surface area contributed by atoms with E-state index in [1.807, 2.05) is 0 Å². The van der Waals surface area contributed by atoms with Crippen molar-refractivity contribution in [3.63, 3.8) is 0 Å². The molecule has 1 aliphatic heterocycles. The molecule has 2 unspecified atom stereocenters. The Labute approximate surface area is 343 Å². The largest absolute Gasteiger partial charge is 0.334 e. The Kier molecular flexibility index (Phi) is 7.97. The van der Waals surface area contributed by atoms with E-state index in [-0.39, 0.29) is 11.0 Å². The number of rotatable bonds is 6. The maximum atomic E-state index is 2.71. The maximum absolute atomic E-state index is 2.71. The van der Waals surface area contributed by atoms with E-state index >= 15 is 0 Å². The predicted octanol–water partition coefficient (Wildman–Crippen LogP) is 11.4. The van der Waals surface area contributed by atoms with Crippen LogP contribution >= 0.6 is 0 Å². The highest BCUT2D eigenvalue weighted by atomic mass is 28.3. The third kappa shape index (κ3) is 4.96. The second-order valence-electron chi connectivity index (χ2n) is 17.3. The summed E-state index contributed by atoms with van der Waals surface area (Å²) in [5.74, 6) is 0. The molecule has 3 heteroatoms. The van der Waals surface area contributed by atoms with Crippen LogP contribution in [0.25, 0.3) is 38.3 Å². The highest BCUT2D eigenvalue weighted by molar-refractivity contribution is 7.19. The van der Waals surface area contributed by atoms with Gasteiger partial charge in [-0.15, -0.1) is 0 Å². The van der Waals surface area contributed by atoms with Crippen molar-refractivity contribution in [2.24, 2.45) is 0 Å². The van der Waals surface area contributed by atoms with Crippen molar-refractivity contribution in [1.82, 2.24) is 4.57 Å². The number of nitrogens with zero attached hydrogens (tertiary/aromatic N) is 2. The smallest absolute Gasteiger partial charge is 0.179 e. The number of benzene rings is 8. The molecule has 0 saturated heterocycles. The number of aryl methyl sites for hydroxylation is 1. The molecule has 0 amide bonds. The van der Waals surface area contributed by atoms with Crippen LogP contribution in [0, 0.1) is 6.92 Å². The maximum Gasteiger partial charge on any atom is 0.179 e. The molecular weight excluding hydrogens is 717 g/mol. The molecular formula is C55H48N2Si. The Morgan fingerprint density at radius 3 is 1.78 bits per heavy atom. The van der Waals surface area contributed by atoms with Gasteiger partial charge in [0.25, 0.3) is 0 Å². The topological polar surface area (TPSA) is 8.17 Å². The molecule has 1 aliphatic carbocycles. The fourth-order valence-electron chi connectivity index (χ4n) is 11.3. The van der Waals surface area contributed by atoms with Gasteiger partial charge in [-0.05, 0) is 112 Å². The van der Waals surface area contributed by atoms with Gasteiger partial charge in [0.2, 0.25) is 0 Å². The van der Waals surface area contributed by atoms with E-state index in [0.29, 0.717) is 0 Å². The summed E-state index contributed by atoms with van der Waals surface area (Å²) in [5, 5.41) is 10.7. The molecule has 1 fully saturated rings. The monoisotopic (exact) mass is 764 g/mol. The molecule has 0 N–H and O–H groups in total. The van der Waals surface area contributed by atoms with Gasteiger partial charge in [-0.1, -0.05) is 165 Å². The van der Waals surface area contributed by atoms with Crippen LogP contribution < -0.4 is 25.6 Å². The van der Waals surface area contributed by atoms with Crippen LogP contribution in [-0.4, -0.2) is 18.2 Å². The zero-order valence-corrected chi connectivity index (χ0v) is 34.6. The van der Waals surface area contributed by atoms with Crippen LogP contribution in [-0.2, 0) is 5.41 Å². The zero-order valence-electron chi connectivity index (χ0n) is 33.6. The van der Waals surface area contributed by atoms with E-state index < -0.39 is 8.07 Å². The lowest BCUT2D eigenvalue weighted by Crippen LogP contribution is -2.74. The van der Waals surface area contributed by atoms with Crippen LogP contribution in [0.4, 0.5) is 11.4 Å².